The number of hydrogen-bond donors (Lipinski definition) is 2. The first kappa shape index (κ1) is 18.0. The fourth-order valence-electron chi connectivity index (χ4n) is 3.32. The zero-order chi connectivity index (χ0) is 19.3. The van der Waals surface area contributed by atoms with Crippen LogP contribution < -0.4 is 5.32 Å². The highest BCUT2D eigenvalue weighted by molar-refractivity contribution is 5.90. The van der Waals surface area contributed by atoms with Crippen LogP contribution in [0.15, 0.2) is 65.4 Å². The first-order valence-electron chi connectivity index (χ1n) is 9.21. The number of amides is 1. The second kappa shape index (κ2) is 8.08. The molecule has 0 saturated heterocycles. The van der Waals surface area contributed by atoms with Crippen LogP contribution in [0, 0.1) is 5.82 Å². The van der Waals surface area contributed by atoms with Gasteiger partial charge in [0.05, 0.1) is 24.2 Å². The van der Waals surface area contributed by atoms with E-state index in [9.17, 15) is 9.18 Å². The maximum atomic E-state index is 13.8. The predicted molar refractivity (Wildman–Crippen MR) is 105 cm³/mol. The van der Waals surface area contributed by atoms with Crippen molar-refractivity contribution in [2.75, 3.05) is 0 Å². The van der Waals surface area contributed by atoms with Gasteiger partial charge in [-0.25, -0.2) is 4.39 Å². The predicted octanol–water partition coefficient (Wildman–Crippen LogP) is 4.60. The van der Waals surface area contributed by atoms with Gasteiger partial charge in [-0.1, -0.05) is 6.07 Å². The molecule has 0 radical (unpaired) electrons. The van der Waals surface area contributed by atoms with E-state index in [1.165, 1.54) is 12.1 Å². The van der Waals surface area contributed by atoms with Crippen LogP contribution in [0.2, 0.25) is 0 Å². The molecule has 6 heteroatoms. The van der Waals surface area contributed by atoms with Crippen LogP contribution in [0.25, 0.3) is 22.3 Å². The molecule has 0 aliphatic heterocycles. The van der Waals surface area contributed by atoms with Crippen LogP contribution in [-0.4, -0.2) is 15.9 Å². The Morgan fingerprint density at radius 1 is 1.18 bits per heavy atom. The zero-order valence-corrected chi connectivity index (χ0v) is 15.2. The lowest BCUT2D eigenvalue weighted by atomic mass is 10.0. The fraction of sp³-hybridized carbons (Fsp3) is 0.182. The van der Waals surface area contributed by atoms with Crippen LogP contribution >= 0.6 is 0 Å². The minimum absolute atomic E-state index is 0.0400. The number of H-pyrrole nitrogens is 1. The van der Waals surface area contributed by atoms with E-state index in [0.29, 0.717) is 25.8 Å². The van der Waals surface area contributed by atoms with E-state index in [0.717, 1.165) is 33.6 Å². The molecule has 1 amide bonds. The molecule has 0 saturated carbocycles. The Morgan fingerprint density at radius 2 is 2.11 bits per heavy atom. The van der Waals surface area contributed by atoms with Gasteiger partial charge in [-0.2, -0.15) is 0 Å². The van der Waals surface area contributed by atoms with Gasteiger partial charge in [-0.3, -0.25) is 9.78 Å². The Balaban J connectivity index is 1.49. The number of pyridine rings is 1. The van der Waals surface area contributed by atoms with Crippen molar-refractivity contribution in [2.45, 2.75) is 25.8 Å². The Hall–Kier alpha value is -3.41. The number of carbonyl (C=O) groups excluding carboxylic acids is 1. The standard InChI is InChI=1S/C22H20FN3O2/c23-15-9-10-19-18(13-15)17(22(26-19)20-7-1-2-11-24-20)6-3-8-21(27)25-14-16-5-4-12-28-16/h1-2,4-5,7,9-13,26H,3,6,8,14H2,(H,25,27). The summed E-state index contributed by atoms with van der Waals surface area (Å²) in [5.74, 6) is 0.399. The van der Waals surface area contributed by atoms with Crippen LogP contribution in [0.5, 0.6) is 0 Å². The molecule has 0 bridgehead atoms. The van der Waals surface area contributed by atoms with E-state index in [-0.39, 0.29) is 11.7 Å². The minimum Gasteiger partial charge on any atom is -0.467 e. The van der Waals surface area contributed by atoms with Crippen LogP contribution in [0.4, 0.5) is 4.39 Å². The van der Waals surface area contributed by atoms with E-state index in [1.54, 1.807) is 24.6 Å². The highest BCUT2D eigenvalue weighted by Crippen LogP contribution is 2.31. The average Bonchev–Trinajstić information content (AvgIpc) is 3.35. The summed E-state index contributed by atoms with van der Waals surface area (Å²) in [6, 6.07) is 14.0. The molecular formula is C22H20FN3O2. The van der Waals surface area contributed by atoms with Gasteiger partial charge in [0.15, 0.2) is 0 Å². The summed E-state index contributed by atoms with van der Waals surface area (Å²) in [7, 11) is 0. The van der Waals surface area contributed by atoms with Gasteiger partial charge in [-0.05, 0) is 60.9 Å². The molecule has 0 unspecified atom stereocenters. The average molecular weight is 377 g/mol. The Kier molecular flexibility index (Phi) is 5.19. The van der Waals surface area contributed by atoms with Crippen molar-refractivity contribution in [1.29, 1.82) is 0 Å². The van der Waals surface area contributed by atoms with Crippen molar-refractivity contribution in [3.8, 4) is 11.4 Å². The molecule has 4 rings (SSSR count). The molecule has 0 spiro atoms. The van der Waals surface area contributed by atoms with Gasteiger partial charge in [0.2, 0.25) is 5.91 Å². The van der Waals surface area contributed by atoms with Gasteiger partial charge in [0.25, 0.3) is 0 Å². The van der Waals surface area contributed by atoms with E-state index in [2.05, 4.69) is 15.3 Å². The number of aromatic amines is 1. The third kappa shape index (κ3) is 3.96. The number of furan rings is 1. The number of rotatable bonds is 7. The van der Waals surface area contributed by atoms with E-state index < -0.39 is 0 Å². The molecule has 0 aliphatic rings. The fourth-order valence-corrected chi connectivity index (χ4v) is 3.32. The van der Waals surface area contributed by atoms with Gasteiger partial charge < -0.3 is 14.7 Å². The first-order valence-corrected chi connectivity index (χ1v) is 9.21. The number of nitrogens with one attached hydrogen (secondary N) is 2. The normalized spacial score (nSPS) is 11.0. The molecule has 0 atom stereocenters. The molecule has 0 aliphatic carbocycles. The van der Waals surface area contributed by atoms with Crippen molar-refractivity contribution in [2.24, 2.45) is 0 Å². The summed E-state index contributed by atoms with van der Waals surface area (Å²) in [5, 5.41) is 3.68. The van der Waals surface area contributed by atoms with Crippen molar-refractivity contribution in [1.82, 2.24) is 15.3 Å². The highest BCUT2D eigenvalue weighted by atomic mass is 19.1. The lowest BCUT2D eigenvalue weighted by Gasteiger charge is -2.06. The summed E-state index contributed by atoms with van der Waals surface area (Å²) < 4.78 is 19.0. The molecule has 2 N–H and O–H groups in total. The number of halogens is 1. The van der Waals surface area contributed by atoms with Gasteiger partial charge in [-0.15, -0.1) is 0 Å². The number of aromatic nitrogens is 2. The van der Waals surface area contributed by atoms with Crippen LogP contribution in [-0.2, 0) is 17.8 Å². The summed E-state index contributed by atoms with van der Waals surface area (Å²) in [6.07, 6.45) is 4.98. The van der Waals surface area contributed by atoms with Crippen LogP contribution in [0.3, 0.4) is 0 Å². The number of benzene rings is 1. The Bertz CT molecular complexity index is 1070. The maximum absolute atomic E-state index is 13.8. The SMILES string of the molecule is O=C(CCCc1c(-c2ccccn2)[nH]c2ccc(F)cc12)NCc1ccco1. The lowest BCUT2D eigenvalue weighted by molar-refractivity contribution is -0.121. The summed E-state index contributed by atoms with van der Waals surface area (Å²) in [5.41, 5.74) is 3.51. The molecule has 4 aromatic rings. The molecule has 28 heavy (non-hydrogen) atoms. The van der Waals surface area contributed by atoms with Gasteiger partial charge >= 0.3 is 0 Å². The maximum Gasteiger partial charge on any atom is 0.220 e. The first-order chi connectivity index (χ1) is 13.7. The molecule has 3 heterocycles. The largest absolute Gasteiger partial charge is 0.467 e. The Morgan fingerprint density at radius 3 is 2.89 bits per heavy atom. The molecule has 1 aromatic carbocycles. The number of aryl methyl sites for hydroxylation is 1. The third-order valence-corrected chi connectivity index (χ3v) is 4.66. The van der Waals surface area contributed by atoms with Crippen molar-refractivity contribution >= 4 is 16.8 Å². The van der Waals surface area contributed by atoms with E-state index >= 15 is 0 Å². The molecule has 0 fully saturated rings. The van der Waals surface area contributed by atoms with Gasteiger partial charge in [0.1, 0.15) is 11.6 Å². The summed E-state index contributed by atoms with van der Waals surface area (Å²) in [4.78, 5) is 19.9. The molecular weight excluding hydrogens is 357 g/mol. The second-order valence-electron chi connectivity index (χ2n) is 6.59. The minimum atomic E-state index is -0.281. The number of fused-ring (bicyclic) bond motifs is 1. The highest BCUT2D eigenvalue weighted by Gasteiger charge is 2.15. The smallest absolute Gasteiger partial charge is 0.220 e. The number of hydrogen-bond acceptors (Lipinski definition) is 3. The quantitative estimate of drug-likeness (QED) is 0.494. The van der Waals surface area contributed by atoms with Crippen molar-refractivity contribution in [3.63, 3.8) is 0 Å². The Labute approximate surface area is 161 Å². The van der Waals surface area contributed by atoms with Crippen molar-refractivity contribution in [3.05, 3.63) is 78.1 Å². The molecule has 3 aromatic heterocycles. The van der Waals surface area contributed by atoms with E-state index in [1.807, 2.05) is 24.3 Å². The van der Waals surface area contributed by atoms with E-state index in [4.69, 9.17) is 4.42 Å². The summed E-state index contributed by atoms with van der Waals surface area (Å²) >= 11 is 0. The topological polar surface area (TPSA) is 70.9 Å². The summed E-state index contributed by atoms with van der Waals surface area (Å²) in [6.45, 7) is 0.378. The van der Waals surface area contributed by atoms with Gasteiger partial charge in [0, 0.05) is 23.5 Å². The number of nitrogens with zero attached hydrogens (tertiary/aromatic N) is 1. The number of carbonyl (C=O) groups is 1. The molecule has 142 valence electrons. The second-order valence-corrected chi connectivity index (χ2v) is 6.59. The third-order valence-electron chi connectivity index (χ3n) is 4.66. The van der Waals surface area contributed by atoms with Crippen molar-refractivity contribution < 1.29 is 13.6 Å². The lowest BCUT2D eigenvalue weighted by Crippen LogP contribution is -2.22. The van der Waals surface area contributed by atoms with Crippen LogP contribution in [0.1, 0.15) is 24.2 Å². The monoisotopic (exact) mass is 377 g/mol. The molecule has 5 nitrogen and oxygen atoms in total. The zero-order valence-electron chi connectivity index (χ0n) is 15.2.